The molecule has 0 aliphatic rings. The molecular weight excluding hydrogens is 799 g/mol. The van der Waals surface area contributed by atoms with Gasteiger partial charge >= 0.3 is 0 Å². The SMILES string of the molecule is CC(C)(C)c1cc(-c2cccc3cccc(-c4ccccc4N(c4cccc(-c5cccc6oc7ccccc7c56)c4)c4ccccc4-c4cccc5ccccc45)c23)cc(C(C)(C)C)c1. The number of para-hydroxylation sites is 3. The molecule has 0 saturated carbocycles. The summed E-state index contributed by atoms with van der Waals surface area (Å²) in [5, 5.41) is 7.14. The van der Waals surface area contributed by atoms with Gasteiger partial charge in [-0.3, -0.25) is 0 Å². The third-order valence-electron chi connectivity index (χ3n) is 13.4. The zero-order chi connectivity index (χ0) is 45.2. The maximum Gasteiger partial charge on any atom is 0.136 e. The first-order chi connectivity index (χ1) is 32.0. The van der Waals surface area contributed by atoms with Gasteiger partial charge in [0.05, 0.1) is 11.4 Å². The zero-order valence-corrected chi connectivity index (χ0v) is 38.6. The molecule has 2 heteroatoms. The van der Waals surface area contributed by atoms with Crippen LogP contribution >= 0.6 is 0 Å². The summed E-state index contributed by atoms with van der Waals surface area (Å²) >= 11 is 0. The van der Waals surface area contributed by atoms with E-state index in [1.165, 1.54) is 54.9 Å². The largest absolute Gasteiger partial charge is 0.456 e. The molecule has 0 saturated heterocycles. The van der Waals surface area contributed by atoms with Crippen molar-refractivity contribution in [3.05, 3.63) is 223 Å². The highest BCUT2D eigenvalue weighted by Gasteiger charge is 2.25. The quantitative estimate of drug-likeness (QED) is 0.159. The second kappa shape index (κ2) is 16.1. The van der Waals surface area contributed by atoms with Crippen LogP contribution in [0.2, 0.25) is 0 Å². The lowest BCUT2D eigenvalue weighted by atomic mass is 9.78. The molecule has 0 unspecified atom stereocenters. The Morgan fingerprint density at radius 3 is 1.52 bits per heavy atom. The van der Waals surface area contributed by atoms with Crippen molar-refractivity contribution in [3.8, 4) is 44.5 Å². The van der Waals surface area contributed by atoms with Gasteiger partial charge in [0.2, 0.25) is 0 Å². The number of fused-ring (bicyclic) bond motifs is 5. The van der Waals surface area contributed by atoms with Crippen LogP contribution in [-0.4, -0.2) is 0 Å². The second-order valence-corrected chi connectivity index (χ2v) is 19.7. The summed E-state index contributed by atoms with van der Waals surface area (Å²) < 4.78 is 6.41. The van der Waals surface area contributed by atoms with E-state index in [4.69, 9.17) is 4.42 Å². The Morgan fingerprint density at radius 2 is 0.818 bits per heavy atom. The standard InChI is InChI=1S/C64H53NO/c1-63(2,3)46-38-45(39-47(41-46)64(4,5)6)51-30-17-22-43-23-18-33-55(61(43)51)54-28-10-13-35-58(54)65(57-34-12-9-27-53(57)52-32-16-21-42-20-7-8-26-49(42)52)48-25-15-24-44(40-48)50-31-19-37-60-62(50)56-29-11-14-36-59(56)66-60/h7-41H,1-6H3. The molecule has 0 radical (unpaired) electrons. The van der Waals surface area contributed by atoms with Gasteiger partial charge in [0.1, 0.15) is 11.2 Å². The van der Waals surface area contributed by atoms with Crippen molar-refractivity contribution in [2.24, 2.45) is 0 Å². The molecule has 1 aromatic heterocycles. The Morgan fingerprint density at radius 1 is 0.333 bits per heavy atom. The topological polar surface area (TPSA) is 16.4 Å². The van der Waals surface area contributed by atoms with Crippen molar-refractivity contribution in [2.45, 2.75) is 52.4 Å². The number of benzene rings is 10. The third-order valence-corrected chi connectivity index (χ3v) is 13.4. The van der Waals surface area contributed by atoms with Crippen LogP contribution in [0.3, 0.4) is 0 Å². The molecule has 320 valence electrons. The lowest BCUT2D eigenvalue weighted by Crippen LogP contribution is -2.16. The van der Waals surface area contributed by atoms with E-state index < -0.39 is 0 Å². The van der Waals surface area contributed by atoms with Gasteiger partial charge in [-0.25, -0.2) is 0 Å². The zero-order valence-electron chi connectivity index (χ0n) is 38.6. The minimum absolute atomic E-state index is 0.0151. The molecule has 11 aromatic rings. The summed E-state index contributed by atoms with van der Waals surface area (Å²) in [6.07, 6.45) is 0. The highest BCUT2D eigenvalue weighted by atomic mass is 16.3. The van der Waals surface area contributed by atoms with Crippen molar-refractivity contribution >= 4 is 60.5 Å². The number of rotatable bonds is 7. The number of nitrogens with zero attached hydrogens (tertiary/aromatic N) is 1. The van der Waals surface area contributed by atoms with Crippen molar-refractivity contribution < 1.29 is 4.42 Å². The Kier molecular flexibility index (Phi) is 10.0. The molecule has 0 fully saturated rings. The third kappa shape index (κ3) is 7.24. The van der Waals surface area contributed by atoms with Gasteiger partial charge in [0.15, 0.2) is 0 Å². The monoisotopic (exact) mass is 851 g/mol. The average molecular weight is 852 g/mol. The van der Waals surface area contributed by atoms with Crippen LogP contribution in [0.25, 0.3) is 88.0 Å². The van der Waals surface area contributed by atoms with E-state index in [9.17, 15) is 0 Å². The minimum atomic E-state index is -0.0151. The summed E-state index contributed by atoms with van der Waals surface area (Å²) in [7, 11) is 0. The molecule has 0 N–H and O–H groups in total. The van der Waals surface area contributed by atoms with Gasteiger partial charge in [0, 0.05) is 27.6 Å². The Balaban J connectivity index is 1.18. The maximum absolute atomic E-state index is 6.41. The lowest BCUT2D eigenvalue weighted by Gasteiger charge is -2.31. The van der Waals surface area contributed by atoms with E-state index in [0.29, 0.717) is 0 Å². The molecule has 0 aliphatic carbocycles. The maximum atomic E-state index is 6.41. The number of anilines is 3. The van der Waals surface area contributed by atoms with Gasteiger partial charge in [-0.15, -0.1) is 0 Å². The predicted octanol–water partition coefficient (Wildman–Crippen LogP) is 18.6. The van der Waals surface area contributed by atoms with Crippen LogP contribution in [0.1, 0.15) is 52.7 Å². The lowest BCUT2D eigenvalue weighted by molar-refractivity contribution is 0.569. The Labute approximate surface area is 388 Å². The molecule has 66 heavy (non-hydrogen) atoms. The van der Waals surface area contributed by atoms with E-state index in [1.54, 1.807) is 0 Å². The van der Waals surface area contributed by atoms with Crippen LogP contribution in [0.5, 0.6) is 0 Å². The van der Waals surface area contributed by atoms with Crippen LogP contribution in [0.15, 0.2) is 217 Å². The highest BCUT2D eigenvalue weighted by Crippen LogP contribution is 2.49. The molecule has 0 aliphatic heterocycles. The number of furan rings is 1. The van der Waals surface area contributed by atoms with E-state index >= 15 is 0 Å². The van der Waals surface area contributed by atoms with Crippen molar-refractivity contribution in [1.29, 1.82) is 0 Å². The first kappa shape index (κ1) is 41.1. The molecule has 0 bridgehead atoms. The fourth-order valence-corrected chi connectivity index (χ4v) is 9.94. The van der Waals surface area contributed by atoms with Gasteiger partial charge in [-0.2, -0.15) is 0 Å². The normalized spacial score (nSPS) is 12.1. The Bertz CT molecular complexity index is 3590. The molecule has 11 rings (SSSR count). The van der Waals surface area contributed by atoms with E-state index in [1.807, 2.05) is 6.07 Å². The summed E-state index contributed by atoms with van der Waals surface area (Å²) in [6.45, 7) is 13.9. The molecule has 0 amide bonds. The smallest absolute Gasteiger partial charge is 0.136 e. The first-order valence-corrected chi connectivity index (χ1v) is 23.2. The van der Waals surface area contributed by atoms with Gasteiger partial charge in [0.25, 0.3) is 0 Å². The van der Waals surface area contributed by atoms with Crippen LogP contribution in [0, 0.1) is 0 Å². The van der Waals surface area contributed by atoms with Crippen LogP contribution < -0.4 is 4.90 Å². The molecule has 0 atom stereocenters. The summed E-state index contributed by atoms with van der Waals surface area (Å²) in [6, 6.07) is 77.9. The first-order valence-electron chi connectivity index (χ1n) is 23.2. The fourth-order valence-electron chi connectivity index (χ4n) is 9.94. The molecule has 1 heterocycles. The Hall–Kier alpha value is -7.68. The van der Waals surface area contributed by atoms with Crippen molar-refractivity contribution in [1.82, 2.24) is 0 Å². The van der Waals surface area contributed by atoms with Crippen LogP contribution in [-0.2, 0) is 10.8 Å². The number of hydrogen-bond acceptors (Lipinski definition) is 2. The van der Waals surface area contributed by atoms with Crippen LogP contribution in [0.4, 0.5) is 17.1 Å². The van der Waals surface area contributed by atoms with E-state index in [2.05, 4.69) is 253 Å². The van der Waals surface area contributed by atoms with E-state index in [-0.39, 0.29) is 10.8 Å². The van der Waals surface area contributed by atoms with Crippen molar-refractivity contribution in [3.63, 3.8) is 0 Å². The summed E-state index contributed by atoms with van der Waals surface area (Å²) in [5.74, 6) is 0. The average Bonchev–Trinajstić information content (AvgIpc) is 3.72. The number of hydrogen-bond donors (Lipinski definition) is 0. The fraction of sp³-hybridized carbons (Fsp3) is 0.125. The molecule has 0 spiro atoms. The molecular formula is C64H53NO. The van der Waals surface area contributed by atoms with Gasteiger partial charge in [-0.05, 0) is 113 Å². The van der Waals surface area contributed by atoms with Gasteiger partial charge in [-0.1, -0.05) is 217 Å². The summed E-state index contributed by atoms with van der Waals surface area (Å²) in [4.78, 5) is 2.49. The minimum Gasteiger partial charge on any atom is -0.456 e. The second-order valence-electron chi connectivity index (χ2n) is 19.7. The van der Waals surface area contributed by atoms with Gasteiger partial charge < -0.3 is 9.32 Å². The highest BCUT2D eigenvalue weighted by molar-refractivity contribution is 6.13. The summed E-state index contributed by atoms with van der Waals surface area (Å²) in [5.41, 5.74) is 17.1. The predicted molar refractivity (Wildman–Crippen MR) is 283 cm³/mol. The molecule has 2 nitrogen and oxygen atoms in total. The van der Waals surface area contributed by atoms with E-state index in [0.717, 1.165) is 61.3 Å². The molecule has 10 aromatic carbocycles. The van der Waals surface area contributed by atoms with Crippen molar-refractivity contribution in [2.75, 3.05) is 4.90 Å².